The van der Waals surface area contributed by atoms with E-state index in [2.05, 4.69) is 29.5 Å². The molecule has 1 rings (SSSR count). The zero-order chi connectivity index (χ0) is 19.8. The van der Waals surface area contributed by atoms with Crippen LogP contribution in [0.3, 0.4) is 0 Å². The molecule has 0 aromatic carbocycles. The Morgan fingerprint density at radius 2 is 1.92 bits per heavy atom. The van der Waals surface area contributed by atoms with E-state index in [0.29, 0.717) is 31.8 Å². The normalized spacial score (nSPS) is 23.0. The third kappa shape index (κ3) is 5.57. The van der Waals surface area contributed by atoms with Crippen molar-refractivity contribution in [1.82, 2.24) is 14.9 Å². The molecule has 2 unspecified atom stereocenters. The molecule has 1 aliphatic carbocycles. The topological polar surface area (TPSA) is 83.0 Å². The van der Waals surface area contributed by atoms with E-state index in [9.17, 15) is 8.42 Å². The van der Waals surface area contributed by atoms with E-state index >= 15 is 0 Å². The van der Waals surface area contributed by atoms with Crippen LogP contribution >= 0.6 is 0 Å². The van der Waals surface area contributed by atoms with Crippen LogP contribution in [-0.4, -0.2) is 70.4 Å². The summed E-state index contributed by atoms with van der Waals surface area (Å²) in [7, 11) is -1.36. The van der Waals surface area contributed by atoms with E-state index in [-0.39, 0.29) is 5.41 Å². The van der Waals surface area contributed by atoms with Crippen molar-refractivity contribution in [1.29, 1.82) is 0 Å². The summed E-state index contributed by atoms with van der Waals surface area (Å²) in [4.78, 5) is 4.32. The quantitative estimate of drug-likeness (QED) is 0.319. The molecular formula is C18H38N4O3S. The third-order valence-corrected chi connectivity index (χ3v) is 7.08. The van der Waals surface area contributed by atoms with Gasteiger partial charge in [-0.25, -0.2) is 12.7 Å². The van der Waals surface area contributed by atoms with Crippen LogP contribution in [0, 0.1) is 5.41 Å². The Bertz CT molecular complexity index is 547. The van der Waals surface area contributed by atoms with Crippen LogP contribution in [0.4, 0.5) is 0 Å². The van der Waals surface area contributed by atoms with Crippen LogP contribution in [0.2, 0.25) is 0 Å². The molecule has 1 fully saturated rings. The van der Waals surface area contributed by atoms with Gasteiger partial charge in [0, 0.05) is 44.7 Å². The lowest BCUT2D eigenvalue weighted by Gasteiger charge is -2.55. The van der Waals surface area contributed by atoms with Gasteiger partial charge in [0.1, 0.15) is 0 Å². The van der Waals surface area contributed by atoms with Crippen molar-refractivity contribution in [2.24, 2.45) is 10.4 Å². The summed E-state index contributed by atoms with van der Waals surface area (Å²) in [6.45, 7) is 10.8. The van der Waals surface area contributed by atoms with Gasteiger partial charge in [-0.1, -0.05) is 20.8 Å². The first-order valence-electron chi connectivity index (χ1n) is 9.82. The van der Waals surface area contributed by atoms with Crippen LogP contribution in [0.1, 0.15) is 53.4 Å². The fourth-order valence-corrected chi connectivity index (χ4v) is 4.89. The standard InChI is InChI=1S/C18H38N4O3S/c1-7-18(8-2)15(14-16(18)25-10-4)21-17(19-5)20-12-11-13-22(9-3)26(6,23)24/h15-16H,7-14H2,1-6H3,(H2,19,20,21). The van der Waals surface area contributed by atoms with Crippen molar-refractivity contribution in [3.63, 3.8) is 0 Å². The van der Waals surface area contributed by atoms with Gasteiger partial charge in [-0.15, -0.1) is 0 Å². The van der Waals surface area contributed by atoms with Crippen LogP contribution in [0.5, 0.6) is 0 Å². The van der Waals surface area contributed by atoms with Crippen LogP contribution < -0.4 is 10.6 Å². The van der Waals surface area contributed by atoms with Crippen molar-refractivity contribution in [2.75, 3.05) is 39.5 Å². The van der Waals surface area contributed by atoms with Crippen molar-refractivity contribution >= 4 is 16.0 Å². The number of aliphatic imine (C=N–C) groups is 1. The Hall–Kier alpha value is -0.860. The minimum Gasteiger partial charge on any atom is -0.378 e. The van der Waals surface area contributed by atoms with Gasteiger partial charge in [-0.3, -0.25) is 4.99 Å². The average molecular weight is 391 g/mol. The number of nitrogens with one attached hydrogen (secondary N) is 2. The smallest absolute Gasteiger partial charge is 0.211 e. The molecule has 0 heterocycles. The zero-order valence-electron chi connectivity index (χ0n) is 17.3. The molecule has 0 aromatic rings. The highest BCUT2D eigenvalue weighted by molar-refractivity contribution is 7.88. The van der Waals surface area contributed by atoms with Crippen molar-refractivity contribution in [3.8, 4) is 0 Å². The maximum absolute atomic E-state index is 11.6. The van der Waals surface area contributed by atoms with Gasteiger partial charge in [-0.2, -0.15) is 0 Å². The molecule has 2 atom stereocenters. The molecule has 154 valence electrons. The molecule has 0 radical (unpaired) electrons. The minimum atomic E-state index is -3.12. The van der Waals surface area contributed by atoms with Gasteiger partial charge in [0.15, 0.2) is 5.96 Å². The summed E-state index contributed by atoms with van der Waals surface area (Å²) >= 11 is 0. The first-order chi connectivity index (χ1) is 12.3. The Kier molecular flexibility index (Phi) is 9.33. The molecule has 2 N–H and O–H groups in total. The Morgan fingerprint density at radius 3 is 2.38 bits per heavy atom. The second-order valence-electron chi connectivity index (χ2n) is 6.92. The molecule has 0 amide bonds. The van der Waals surface area contributed by atoms with Crippen molar-refractivity contribution < 1.29 is 13.2 Å². The highest BCUT2D eigenvalue weighted by Gasteiger charge is 2.53. The summed E-state index contributed by atoms with van der Waals surface area (Å²) in [5.41, 5.74) is 0.156. The Morgan fingerprint density at radius 1 is 1.27 bits per heavy atom. The van der Waals surface area contributed by atoms with Crippen LogP contribution in [0.25, 0.3) is 0 Å². The highest BCUT2D eigenvalue weighted by Crippen LogP contribution is 2.48. The van der Waals surface area contributed by atoms with E-state index < -0.39 is 10.0 Å². The predicted octanol–water partition coefficient (Wildman–Crippen LogP) is 1.81. The van der Waals surface area contributed by atoms with Gasteiger partial charge in [-0.05, 0) is 32.6 Å². The van der Waals surface area contributed by atoms with Gasteiger partial charge in [0.05, 0.1) is 12.4 Å². The van der Waals surface area contributed by atoms with E-state index in [1.165, 1.54) is 10.6 Å². The van der Waals surface area contributed by atoms with E-state index in [1.54, 1.807) is 7.05 Å². The van der Waals surface area contributed by atoms with Crippen LogP contribution in [0.15, 0.2) is 4.99 Å². The average Bonchev–Trinajstić information content (AvgIpc) is 2.59. The molecule has 8 heteroatoms. The van der Waals surface area contributed by atoms with E-state index in [0.717, 1.165) is 38.2 Å². The lowest BCUT2D eigenvalue weighted by molar-refractivity contribution is -0.133. The molecule has 26 heavy (non-hydrogen) atoms. The summed E-state index contributed by atoms with van der Waals surface area (Å²) in [6.07, 6.45) is 5.44. The van der Waals surface area contributed by atoms with Crippen molar-refractivity contribution in [2.45, 2.75) is 65.5 Å². The van der Waals surface area contributed by atoms with Crippen molar-refractivity contribution in [3.05, 3.63) is 0 Å². The molecule has 7 nitrogen and oxygen atoms in total. The molecule has 1 aliphatic rings. The molecule has 0 bridgehead atoms. The maximum atomic E-state index is 11.6. The number of sulfonamides is 1. The fraction of sp³-hybridized carbons (Fsp3) is 0.944. The summed E-state index contributed by atoms with van der Waals surface area (Å²) in [5, 5.41) is 6.85. The van der Waals surface area contributed by atoms with Gasteiger partial charge in [0.2, 0.25) is 10.0 Å². The summed E-state index contributed by atoms with van der Waals surface area (Å²) < 4.78 is 30.7. The third-order valence-electron chi connectivity index (χ3n) is 5.70. The number of rotatable bonds is 11. The lowest BCUT2D eigenvalue weighted by atomic mass is 9.58. The van der Waals surface area contributed by atoms with Gasteiger partial charge < -0.3 is 15.4 Å². The zero-order valence-corrected chi connectivity index (χ0v) is 18.2. The number of nitrogens with zero attached hydrogens (tertiary/aromatic N) is 2. The molecular weight excluding hydrogens is 352 g/mol. The van der Waals surface area contributed by atoms with Crippen LogP contribution in [-0.2, 0) is 14.8 Å². The second kappa shape index (κ2) is 10.5. The fourth-order valence-electron chi connectivity index (χ4n) is 3.96. The largest absolute Gasteiger partial charge is 0.378 e. The van der Waals surface area contributed by atoms with Gasteiger partial charge in [0.25, 0.3) is 0 Å². The number of guanidine groups is 1. The Labute approximate surface area is 160 Å². The minimum absolute atomic E-state index is 0.156. The maximum Gasteiger partial charge on any atom is 0.211 e. The molecule has 0 aromatic heterocycles. The number of ether oxygens (including phenoxy) is 1. The number of hydrogen-bond acceptors (Lipinski definition) is 4. The monoisotopic (exact) mass is 390 g/mol. The second-order valence-corrected chi connectivity index (χ2v) is 8.91. The lowest BCUT2D eigenvalue weighted by Crippen LogP contribution is -2.65. The van der Waals surface area contributed by atoms with E-state index in [4.69, 9.17) is 4.74 Å². The molecule has 0 spiro atoms. The van der Waals surface area contributed by atoms with Gasteiger partial charge >= 0.3 is 0 Å². The molecule has 0 saturated heterocycles. The predicted molar refractivity (Wildman–Crippen MR) is 108 cm³/mol. The summed E-state index contributed by atoms with van der Waals surface area (Å²) in [5.74, 6) is 0.777. The first kappa shape index (κ1) is 23.2. The Balaban J connectivity index is 2.51. The molecule has 1 saturated carbocycles. The first-order valence-corrected chi connectivity index (χ1v) is 11.7. The SMILES string of the molecule is CCOC1CC(NC(=NC)NCCCN(CC)S(C)(=O)=O)C1(CC)CC. The number of hydrogen-bond donors (Lipinski definition) is 2. The summed E-state index contributed by atoms with van der Waals surface area (Å²) in [6, 6.07) is 0.350. The molecule has 0 aliphatic heterocycles. The highest BCUT2D eigenvalue weighted by atomic mass is 32.2. The van der Waals surface area contributed by atoms with E-state index in [1.807, 2.05) is 13.8 Å².